The molecular weight excluding hydrogens is 300 g/mol. The van der Waals surface area contributed by atoms with Gasteiger partial charge in [-0.3, -0.25) is 0 Å². The number of para-hydroxylation sites is 1. The summed E-state index contributed by atoms with van der Waals surface area (Å²) in [4.78, 5) is 11.9. The number of aliphatic carboxylic acids is 1. The lowest BCUT2D eigenvalue weighted by Gasteiger charge is -2.28. The number of rotatable bonds is 1. The van der Waals surface area contributed by atoms with Crippen LogP contribution in [0.2, 0.25) is 0 Å². The summed E-state index contributed by atoms with van der Waals surface area (Å²) in [6.45, 7) is 0.959. The van der Waals surface area contributed by atoms with E-state index in [1.807, 2.05) is 18.2 Å². The molecule has 4 heteroatoms. The molecule has 1 fully saturated rings. The number of fused-ring (bicyclic) bond motifs is 7. The Labute approximate surface area is 139 Å². The minimum Gasteiger partial charge on any atom is -0.478 e. The van der Waals surface area contributed by atoms with E-state index in [2.05, 4.69) is 34.3 Å². The molecule has 4 nitrogen and oxygen atoms in total. The molecule has 0 spiro atoms. The van der Waals surface area contributed by atoms with Crippen LogP contribution in [-0.4, -0.2) is 28.2 Å². The molecule has 2 atom stereocenters. The third-order valence-electron chi connectivity index (χ3n) is 5.46. The number of nitrogens with one attached hydrogen (secondary N) is 1. The molecule has 1 aromatic heterocycles. The fraction of sp³-hybridized carbons (Fsp3) is 0.250. The number of aromatic nitrogens is 1. The molecule has 3 aliphatic rings. The van der Waals surface area contributed by atoms with Crippen LogP contribution in [0.5, 0.6) is 0 Å². The number of carboxylic acids is 1. The van der Waals surface area contributed by atoms with Gasteiger partial charge in [0.2, 0.25) is 0 Å². The molecule has 0 saturated carbocycles. The van der Waals surface area contributed by atoms with Crippen LogP contribution in [0.4, 0.5) is 0 Å². The van der Waals surface area contributed by atoms with Crippen molar-refractivity contribution in [2.75, 3.05) is 6.54 Å². The first-order valence-electron chi connectivity index (χ1n) is 8.42. The van der Waals surface area contributed by atoms with E-state index in [9.17, 15) is 9.90 Å². The first-order chi connectivity index (χ1) is 11.7. The molecule has 0 amide bonds. The standard InChI is InChI=1S/C20H18N2O2/c23-20(24)15-6-3-5-14-18(15)17-10-12-4-1-2-7-16(12)22(17)11-13-8-9-21-19(13)14/h1-4,6-7,10-11,14,19,21H,5,8-9H2,(H,23,24). The molecule has 2 unspecified atom stereocenters. The third-order valence-corrected chi connectivity index (χ3v) is 5.46. The van der Waals surface area contributed by atoms with Crippen molar-refractivity contribution in [2.24, 2.45) is 5.92 Å². The Kier molecular flexibility index (Phi) is 2.85. The highest BCUT2D eigenvalue weighted by Gasteiger charge is 2.38. The number of hydrogen-bond donors (Lipinski definition) is 2. The Bertz CT molecular complexity index is 961. The number of benzene rings is 1. The summed E-state index contributed by atoms with van der Waals surface area (Å²) in [6, 6.07) is 10.6. The zero-order chi connectivity index (χ0) is 16.3. The van der Waals surface area contributed by atoms with E-state index in [4.69, 9.17) is 0 Å². The highest BCUT2D eigenvalue weighted by Crippen LogP contribution is 2.44. The van der Waals surface area contributed by atoms with Crippen molar-refractivity contribution in [2.45, 2.75) is 18.9 Å². The Hall–Kier alpha value is -2.59. The Morgan fingerprint density at radius 3 is 3.04 bits per heavy atom. The van der Waals surface area contributed by atoms with Gasteiger partial charge in [-0.15, -0.1) is 0 Å². The van der Waals surface area contributed by atoms with E-state index in [1.54, 1.807) is 6.08 Å². The van der Waals surface area contributed by atoms with Crippen LogP contribution in [0.1, 0.15) is 18.5 Å². The van der Waals surface area contributed by atoms with Gasteiger partial charge in [0.25, 0.3) is 0 Å². The van der Waals surface area contributed by atoms with Crippen molar-refractivity contribution in [3.8, 4) is 0 Å². The van der Waals surface area contributed by atoms with Gasteiger partial charge in [0.1, 0.15) is 0 Å². The lowest BCUT2D eigenvalue weighted by molar-refractivity contribution is -0.132. The molecule has 1 saturated heterocycles. The van der Waals surface area contributed by atoms with Gasteiger partial charge in [0, 0.05) is 23.5 Å². The van der Waals surface area contributed by atoms with Crippen molar-refractivity contribution < 1.29 is 9.90 Å². The van der Waals surface area contributed by atoms with Crippen LogP contribution < -0.4 is 5.32 Å². The van der Waals surface area contributed by atoms with Crippen molar-refractivity contribution in [1.82, 2.24) is 9.88 Å². The maximum atomic E-state index is 11.9. The molecular formula is C20H18N2O2. The second-order valence-corrected chi connectivity index (χ2v) is 6.72. The Balaban J connectivity index is 1.89. The number of carboxylic acid groups (broad SMARTS) is 1. The van der Waals surface area contributed by atoms with E-state index in [-0.39, 0.29) is 12.0 Å². The van der Waals surface area contributed by atoms with E-state index >= 15 is 0 Å². The van der Waals surface area contributed by atoms with Gasteiger partial charge in [0.05, 0.1) is 16.8 Å². The highest BCUT2D eigenvalue weighted by molar-refractivity contribution is 6.02. The van der Waals surface area contributed by atoms with Gasteiger partial charge in [0.15, 0.2) is 0 Å². The van der Waals surface area contributed by atoms with Crippen LogP contribution in [0.3, 0.4) is 0 Å². The summed E-state index contributed by atoms with van der Waals surface area (Å²) in [6.07, 6.45) is 7.91. The quantitative estimate of drug-likeness (QED) is 0.848. The molecule has 2 aliphatic heterocycles. The molecule has 3 heterocycles. The van der Waals surface area contributed by atoms with Crippen molar-refractivity contribution >= 4 is 28.6 Å². The third kappa shape index (κ3) is 1.80. The highest BCUT2D eigenvalue weighted by atomic mass is 16.4. The summed E-state index contributed by atoms with van der Waals surface area (Å²) in [5.74, 6) is -0.662. The summed E-state index contributed by atoms with van der Waals surface area (Å²) in [7, 11) is 0. The van der Waals surface area contributed by atoms with Crippen molar-refractivity contribution in [3.63, 3.8) is 0 Å². The number of nitrogens with zero attached hydrogens (tertiary/aromatic N) is 1. The van der Waals surface area contributed by atoms with E-state index in [1.165, 1.54) is 5.57 Å². The van der Waals surface area contributed by atoms with Crippen LogP contribution in [0.15, 0.2) is 53.6 Å². The molecule has 0 bridgehead atoms. The Morgan fingerprint density at radius 1 is 1.29 bits per heavy atom. The summed E-state index contributed by atoms with van der Waals surface area (Å²) < 4.78 is 2.20. The fourth-order valence-corrected chi connectivity index (χ4v) is 4.45. The molecule has 5 rings (SSSR count). The maximum Gasteiger partial charge on any atom is 0.336 e. The monoisotopic (exact) mass is 318 g/mol. The number of hydrogen-bond acceptors (Lipinski definition) is 2. The first kappa shape index (κ1) is 13.8. The fourth-order valence-electron chi connectivity index (χ4n) is 4.45. The number of carbonyl (C=O) groups is 1. The van der Waals surface area contributed by atoms with E-state index < -0.39 is 5.97 Å². The van der Waals surface area contributed by atoms with E-state index in [0.29, 0.717) is 5.57 Å². The van der Waals surface area contributed by atoms with E-state index in [0.717, 1.165) is 41.6 Å². The van der Waals surface area contributed by atoms with Crippen molar-refractivity contribution in [1.29, 1.82) is 0 Å². The zero-order valence-corrected chi connectivity index (χ0v) is 13.2. The molecule has 2 aromatic rings. The smallest absolute Gasteiger partial charge is 0.336 e. The predicted molar refractivity (Wildman–Crippen MR) is 94.4 cm³/mol. The Morgan fingerprint density at radius 2 is 2.17 bits per heavy atom. The molecule has 1 aromatic carbocycles. The SMILES string of the molecule is O=C(O)C1=C2c3cc4ccccc4n3C=C3CCNC3C2CC=C1. The minimum absolute atomic E-state index is 0.181. The van der Waals surface area contributed by atoms with Crippen LogP contribution in [0, 0.1) is 5.92 Å². The first-order valence-corrected chi connectivity index (χ1v) is 8.42. The molecule has 2 N–H and O–H groups in total. The second-order valence-electron chi connectivity index (χ2n) is 6.72. The van der Waals surface area contributed by atoms with Crippen LogP contribution >= 0.6 is 0 Å². The normalized spacial score (nSPS) is 25.1. The molecule has 1 aliphatic carbocycles. The van der Waals surface area contributed by atoms with Gasteiger partial charge in [-0.2, -0.15) is 0 Å². The molecule has 120 valence electrons. The minimum atomic E-state index is -0.843. The van der Waals surface area contributed by atoms with Gasteiger partial charge in [-0.05, 0) is 42.7 Å². The predicted octanol–water partition coefficient (Wildman–Crippen LogP) is 3.27. The van der Waals surface area contributed by atoms with Crippen molar-refractivity contribution in [3.05, 3.63) is 59.3 Å². The topological polar surface area (TPSA) is 54.3 Å². The van der Waals surface area contributed by atoms with Gasteiger partial charge >= 0.3 is 5.97 Å². The second kappa shape index (κ2) is 4.95. The summed E-state index contributed by atoms with van der Waals surface area (Å²) in [5, 5.41) is 14.5. The summed E-state index contributed by atoms with van der Waals surface area (Å²) in [5.41, 5.74) is 4.92. The average molecular weight is 318 g/mol. The summed E-state index contributed by atoms with van der Waals surface area (Å²) >= 11 is 0. The lowest BCUT2D eigenvalue weighted by Crippen LogP contribution is -2.33. The lowest BCUT2D eigenvalue weighted by atomic mass is 9.79. The molecule has 24 heavy (non-hydrogen) atoms. The van der Waals surface area contributed by atoms with Crippen LogP contribution in [-0.2, 0) is 4.79 Å². The average Bonchev–Trinajstić information content (AvgIpc) is 3.17. The maximum absolute atomic E-state index is 11.9. The molecule has 0 radical (unpaired) electrons. The van der Waals surface area contributed by atoms with Crippen LogP contribution in [0.25, 0.3) is 22.7 Å². The van der Waals surface area contributed by atoms with Gasteiger partial charge in [-0.25, -0.2) is 4.79 Å². The zero-order valence-electron chi connectivity index (χ0n) is 13.2. The van der Waals surface area contributed by atoms with Gasteiger partial charge < -0.3 is 15.0 Å². The van der Waals surface area contributed by atoms with Gasteiger partial charge in [-0.1, -0.05) is 30.4 Å². The largest absolute Gasteiger partial charge is 0.478 e. The number of allylic oxidation sites excluding steroid dienone is 1.